The van der Waals surface area contributed by atoms with Crippen molar-refractivity contribution in [2.45, 2.75) is 82.8 Å². The molecule has 0 aromatic rings. The number of unbranched alkanes of at least 4 members (excludes halogenated alkanes) is 3. The fourth-order valence-electron chi connectivity index (χ4n) is 3.40. The summed E-state index contributed by atoms with van der Waals surface area (Å²) >= 11 is 0. The number of carbonyl (C=O) groups excluding carboxylic acids is 2. The van der Waals surface area contributed by atoms with Crippen molar-refractivity contribution in [1.82, 2.24) is 5.32 Å². The van der Waals surface area contributed by atoms with Crippen LogP contribution in [0.25, 0.3) is 0 Å². The summed E-state index contributed by atoms with van der Waals surface area (Å²) in [6.45, 7) is 7.11. The highest BCUT2D eigenvalue weighted by Crippen LogP contribution is 2.47. The lowest BCUT2D eigenvalue weighted by molar-refractivity contribution is -0.170. The van der Waals surface area contributed by atoms with Crippen LogP contribution in [-0.2, 0) is 14.3 Å². The fourth-order valence-corrected chi connectivity index (χ4v) is 3.40. The first-order chi connectivity index (χ1) is 10.1. The molecule has 0 radical (unpaired) electrons. The van der Waals surface area contributed by atoms with Crippen molar-refractivity contribution in [2.24, 2.45) is 5.92 Å². The van der Waals surface area contributed by atoms with E-state index in [0.29, 0.717) is 6.42 Å². The number of hydrogen-bond acceptors (Lipinski definition) is 5. The highest BCUT2D eigenvalue weighted by atomic mass is 16.6. The number of Topliss-reactive ketones (excluding diaryl/α,β-unsaturated/α-hetero) is 1. The van der Waals surface area contributed by atoms with Crippen LogP contribution in [0.4, 0.5) is 0 Å². The van der Waals surface area contributed by atoms with E-state index in [2.05, 4.69) is 12.2 Å². The molecule has 0 saturated carbocycles. The normalized spacial score (nSPS) is 41.1. The molecule has 0 spiro atoms. The first-order valence-corrected chi connectivity index (χ1v) is 8.13. The lowest BCUT2D eigenvalue weighted by Gasteiger charge is -2.34. The van der Waals surface area contributed by atoms with Crippen molar-refractivity contribution in [1.29, 1.82) is 0 Å². The monoisotopic (exact) mass is 313 g/mol. The summed E-state index contributed by atoms with van der Waals surface area (Å²) in [6, 6.07) is 0. The molecule has 22 heavy (non-hydrogen) atoms. The van der Waals surface area contributed by atoms with E-state index in [1.165, 1.54) is 0 Å². The first kappa shape index (κ1) is 17.4. The molecular formula is C16H27NO5. The molecule has 2 aliphatic heterocycles. The molecule has 2 saturated heterocycles. The molecule has 0 aromatic carbocycles. The lowest BCUT2D eigenvalue weighted by Crippen LogP contribution is -2.55. The van der Waals surface area contributed by atoms with Crippen LogP contribution in [0.1, 0.15) is 59.8 Å². The van der Waals surface area contributed by atoms with Crippen LogP contribution in [0.15, 0.2) is 0 Å². The zero-order valence-corrected chi connectivity index (χ0v) is 13.8. The number of ether oxygens (including phenoxy) is 1. The van der Waals surface area contributed by atoms with Gasteiger partial charge < -0.3 is 20.3 Å². The van der Waals surface area contributed by atoms with Gasteiger partial charge in [-0.05, 0) is 13.3 Å². The van der Waals surface area contributed by atoms with Crippen molar-refractivity contribution in [2.75, 3.05) is 0 Å². The van der Waals surface area contributed by atoms with Crippen LogP contribution in [0.5, 0.6) is 0 Å². The average molecular weight is 313 g/mol. The second kappa shape index (κ2) is 5.58. The Balaban J connectivity index is 2.24. The quantitative estimate of drug-likeness (QED) is 0.500. The Bertz CT molecular complexity index is 479. The van der Waals surface area contributed by atoms with Crippen LogP contribution in [-0.4, -0.2) is 44.9 Å². The number of hydrogen-bond donors (Lipinski definition) is 3. The molecule has 6 heteroatoms. The first-order valence-electron chi connectivity index (χ1n) is 8.13. The van der Waals surface area contributed by atoms with Crippen LogP contribution < -0.4 is 5.32 Å². The fraction of sp³-hybridized carbons (Fsp3) is 0.875. The van der Waals surface area contributed by atoms with Crippen LogP contribution >= 0.6 is 0 Å². The number of aliphatic hydroxyl groups is 2. The SMILES string of the molecule is CCCCCC[C@@]1(C)O[C@H]2[C@@](O)(C(=O)N[C@@]2(O)C(C)C)C1=O. The van der Waals surface area contributed by atoms with Gasteiger partial charge in [0.1, 0.15) is 5.60 Å². The van der Waals surface area contributed by atoms with Crippen molar-refractivity contribution in [3.05, 3.63) is 0 Å². The van der Waals surface area contributed by atoms with Crippen molar-refractivity contribution < 1.29 is 24.5 Å². The van der Waals surface area contributed by atoms with Gasteiger partial charge in [0.05, 0.1) is 0 Å². The van der Waals surface area contributed by atoms with Gasteiger partial charge in [-0.25, -0.2) is 0 Å². The van der Waals surface area contributed by atoms with Crippen LogP contribution in [0, 0.1) is 5.92 Å². The number of ketones is 1. The third-order valence-electron chi connectivity index (χ3n) is 5.03. The number of fused-ring (bicyclic) bond motifs is 1. The van der Waals surface area contributed by atoms with Gasteiger partial charge in [-0.3, -0.25) is 9.59 Å². The van der Waals surface area contributed by atoms with E-state index in [-0.39, 0.29) is 0 Å². The topological polar surface area (TPSA) is 95.9 Å². The minimum absolute atomic E-state index is 0.397. The van der Waals surface area contributed by atoms with Gasteiger partial charge in [-0.15, -0.1) is 0 Å². The number of carbonyl (C=O) groups is 2. The van der Waals surface area contributed by atoms with Gasteiger partial charge in [0.2, 0.25) is 11.4 Å². The van der Waals surface area contributed by atoms with E-state index in [9.17, 15) is 19.8 Å². The Morgan fingerprint density at radius 3 is 2.41 bits per heavy atom. The largest absolute Gasteiger partial charge is 0.371 e. The Morgan fingerprint density at radius 1 is 1.23 bits per heavy atom. The maximum Gasteiger partial charge on any atom is 0.265 e. The minimum Gasteiger partial charge on any atom is -0.371 e. The Hall–Kier alpha value is -0.980. The zero-order valence-electron chi connectivity index (χ0n) is 13.8. The van der Waals surface area contributed by atoms with E-state index in [1.54, 1.807) is 20.8 Å². The van der Waals surface area contributed by atoms with Gasteiger partial charge in [0.25, 0.3) is 5.91 Å². The number of rotatable bonds is 6. The third-order valence-corrected chi connectivity index (χ3v) is 5.03. The molecule has 0 aliphatic carbocycles. The predicted molar refractivity (Wildman–Crippen MR) is 79.9 cm³/mol. The molecule has 2 heterocycles. The zero-order chi connectivity index (χ0) is 16.8. The van der Waals surface area contributed by atoms with E-state index >= 15 is 0 Å². The summed E-state index contributed by atoms with van der Waals surface area (Å²) < 4.78 is 5.78. The highest BCUT2D eigenvalue weighted by Gasteiger charge is 2.75. The molecule has 2 fully saturated rings. The van der Waals surface area contributed by atoms with Crippen LogP contribution in [0.3, 0.4) is 0 Å². The molecule has 0 unspecified atom stereocenters. The molecule has 6 nitrogen and oxygen atoms in total. The van der Waals surface area contributed by atoms with Gasteiger partial charge in [0, 0.05) is 5.92 Å². The van der Waals surface area contributed by atoms with Crippen molar-refractivity contribution in [3.63, 3.8) is 0 Å². The van der Waals surface area contributed by atoms with Gasteiger partial charge >= 0.3 is 0 Å². The second-order valence-electron chi connectivity index (χ2n) is 7.07. The van der Waals surface area contributed by atoms with E-state index < -0.39 is 40.6 Å². The second-order valence-corrected chi connectivity index (χ2v) is 7.07. The molecule has 0 aromatic heterocycles. The predicted octanol–water partition coefficient (Wildman–Crippen LogP) is 0.889. The van der Waals surface area contributed by atoms with Gasteiger partial charge in [-0.1, -0.05) is 46.5 Å². The Kier molecular flexibility index (Phi) is 4.41. The van der Waals surface area contributed by atoms with Gasteiger partial charge in [-0.2, -0.15) is 0 Å². The smallest absolute Gasteiger partial charge is 0.265 e. The summed E-state index contributed by atoms with van der Waals surface area (Å²) in [5, 5.41) is 23.6. The lowest BCUT2D eigenvalue weighted by atomic mass is 9.82. The van der Waals surface area contributed by atoms with E-state index in [0.717, 1.165) is 25.7 Å². The molecule has 2 rings (SSSR count). The molecular weight excluding hydrogens is 286 g/mol. The highest BCUT2D eigenvalue weighted by molar-refractivity contribution is 6.16. The summed E-state index contributed by atoms with van der Waals surface area (Å²) in [5.74, 6) is -1.91. The summed E-state index contributed by atoms with van der Waals surface area (Å²) in [7, 11) is 0. The maximum atomic E-state index is 12.7. The Labute approximate surface area is 131 Å². The van der Waals surface area contributed by atoms with Crippen LogP contribution in [0.2, 0.25) is 0 Å². The molecule has 0 bridgehead atoms. The average Bonchev–Trinajstić information content (AvgIpc) is 2.78. The minimum atomic E-state index is -2.29. The summed E-state index contributed by atoms with van der Waals surface area (Å²) in [5.41, 5.74) is -5.25. The molecule has 4 atom stereocenters. The maximum absolute atomic E-state index is 12.7. The summed E-state index contributed by atoms with van der Waals surface area (Å²) in [4.78, 5) is 24.8. The van der Waals surface area contributed by atoms with Gasteiger partial charge in [0.15, 0.2) is 11.8 Å². The molecule has 3 N–H and O–H groups in total. The number of nitrogens with one attached hydrogen (secondary N) is 1. The molecule has 2 aliphatic rings. The van der Waals surface area contributed by atoms with E-state index in [1.807, 2.05) is 0 Å². The third kappa shape index (κ3) is 2.28. The van der Waals surface area contributed by atoms with Crippen molar-refractivity contribution >= 4 is 11.7 Å². The molecule has 126 valence electrons. The summed E-state index contributed by atoms with van der Waals surface area (Å²) in [6.07, 6.45) is 3.05. The Morgan fingerprint density at radius 2 is 1.86 bits per heavy atom. The standard InChI is InChI=1S/C16H27NO5/c1-5-6-7-8-9-14(4)11(18)15(20)12(22-14)16(21,10(2)3)17-13(15)19/h10,12,20-21H,5-9H2,1-4H3,(H,17,19)/t12-,14+,15+,16+/m0/s1. The molecule has 1 amide bonds. The van der Waals surface area contributed by atoms with E-state index in [4.69, 9.17) is 4.74 Å². The van der Waals surface area contributed by atoms with Crippen molar-refractivity contribution in [3.8, 4) is 0 Å². The number of amides is 1.